The lowest BCUT2D eigenvalue weighted by Gasteiger charge is -2.30. The van der Waals surface area contributed by atoms with Gasteiger partial charge in [-0.25, -0.2) is 4.39 Å². The Morgan fingerprint density at radius 2 is 1.88 bits per heavy atom. The fourth-order valence-corrected chi connectivity index (χ4v) is 3.78. The molecule has 1 aliphatic rings. The number of nitrogens with one attached hydrogen (secondary N) is 1. The molecule has 26 heavy (non-hydrogen) atoms. The number of halogens is 1. The third kappa shape index (κ3) is 4.35. The van der Waals surface area contributed by atoms with Gasteiger partial charge >= 0.3 is 0 Å². The van der Waals surface area contributed by atoms with E-state index < -0.39 is 0 Å². The van der Waals surface area contributed by atoms with Gasteiger partial charge in [-0.05, 0) is 48.8 Å². The molecule has 0 spiro atoms. The van der Waals surface area contributed by atoms with E-state index in [0.29, 0.717) is 23.7 Å². The molecule has 1 aromatic heterocycles. The third-order valence-corrected chi connectivity index (χ3v) is 5.29. The molecule has 1 N–H and O–H groups in total. The summed E-state index contributed by atoms with van der Waals surface area (Å²) in [6.45, 7) is 6.26. The number of aromatic nitrogens is 1. The molecule has 4 heteroatoms. The lowest BCUT2D eigenvalue weighted by molar-refractivity contribution is 0.101. The van der Waals surface area contributed by atoms with E-state index in [-0.39, 0.29) is 23.4 Å². The molecule has 2 unspecified atom stereocenters. The second-order valence-electron chi connectivity index (χ2n) is 7.78. The predicted molar refractivity (Wildman–Crippen MR) is 102 cm³/mol. The highest BCUT2D eigenvalue weighted by molar-refractivity contribution is 5.37. The number of hydrogen-bond donors (Lipinski definition) is 1. The summed E-state index contributed by atoms with van der Waals surface area (Å²) in [6, 6.07) is 8.33. The molecule has 0 saturated heterocycles. The van der Waals surface area contributed by atoms with Gasteiger partial charge in [0, 0.05) is 18.2 Å². The summed E-state index contributed by atoms with van der Waals surface area (Å²) in [5, 5.41) is 0. The Hall–Kier alpha value is -2.10. The Bertz CT molecular complexity index is 795. The topological polar surface area (TPSA) is 42.1 Å². The van der Waals surface area contributed by atoms with Crippen molar-refractivity contribution in [2.45, 2.75) is 64.9 Å². The van der Waals surface area contributed by atoms with Crippen molar-refractivity contribution in [2.75, 3.05) is 0 Å². The van der Waals surface area contributed by atoms with Gasteiger partial charge < -0.3 is 9.72 Å². The Kier molecular flexibility index (Phi) is 5.80. The number of rotatable bonds is 5. The fraction of sp³-hybridized carbons (Fsp3) is 0.500. The minimum atomic E-state index is -0.257. The molecule has 0 radical (unpaired) electrons. The third-order valence-electron chi connectivity index (χ3n) is 5.29. The number of benzene rings is 1. The molecule has 140 valence electrons. The SMILES string of the molecule is CC(C)c1c(OC2CCCCC2C)cc(Cc2ccc(F)cc2)[nH]c1=O. The van der Waals surface area contributed by atoms with E-state index in [2.05, 4.69) is 11.9 Å². The Balaban J connectivity index is 1.91. The summed E-state index contributed by atoms with van der Waals surface area (Å²) in [5.74, 6) is 1.04. The molecule has 1 saturated carbocycles. The van der Waals surface area contributed by atoms with Crippen LogP contribution < -0.4 is 10.3 Å². The largest absolute Gasteiger partial charge is 0.490 e. The maximum absolute atomic E-state index is 13.1. The van der Waals surface area contributed by atoms with Crippen LogP contribution in [-0.4, -0.2) is 11.1 Å². The zero-order valence-corrected chi connectivity index (χ0v) is 15.8. The van der Waals surface area contributed by atoms with Gasteiger partial charge in [-0.2, -0.15) is 0 Å². The smallest absolute Gasteiger partial charge is 0.255 e. The molecule has 0 aliphatic heterocycles. The quantitative estimate of drug-likeness (QED) is 0.800. The maximum atomic E-state index is 13.1. The van der Waals surface area contributed by atoms with Crippen LogP contribution in [0.2, 0.25) is 0 Å². The van der Waals surface area contributed by atoms with Crippen LogP contribution in [0.3, 0.4) is 0 Å². The van der Waals surface area contributed by atoms with Crippen molar-refractivity contribution in [2.24, 2.45) is 5.92 Å². The average Bonchev–Trinajstić information content (AvgIpc) is 2.58. The van der Waals surface area contributed by atoms with Crippen LogP contribution in [0.5, 0.6) is 5.75 Å². The first-order valence-corrected chi connectivity index (χ1v) is 9.61. The highest BCUT2D eigenvalue weighted by Gasteiger charge is 2.25. The van der Waals surface area contributed by atoms with Crippen molar-refractivity contribution in [3.8, 4) is 5.75 Å². The van der Waals surface area contributed by atoms with Gasteiger partial charge in [0.05, 0.1) is 5.56 Å². The molecule has 1 heterocycles. The van der Waals surface area contributed by atoms with Gasteiger partial charge in [-0.1, -0.05) is 39.3 Å². The van der Waals surface area contributed by atoms with Crippen molar-refractivity contribution in [1.29, 1.82) is 0 Å². The van der Waals surface area contributed by atoms with E-state index in [4.69, 9.17) is 4.74 Å². The number of pyridine rings is 1. The van der Waals surface area contributed by atoms with Crippen LogP contribution in [0.1, 0.15) is 69.2 Å². The maximum Gasteiger partial charge on any atom is 0.255 e. The van der Waals surface area contributed by atoms with Crippen molar-refractivity contribution >= 4 is 0 Å². The van der Waals surface area contributed by atoms with Gasteiger partial charge in [0.1, 0.15) is 17.7 Å². The number of aromatic amines is 1. The summed E-state index contributed by atoms with van der Waals surface area (Å²) in [4.78, 5) is 15.7. The Morgan fingerprint density at radius 1 is 1.19 bits per heavy atom. The molecule has 3 rings (SSSR count). The second kappa shape index (κ2) is 8.07. The first-order valence-electron chi connectivity index (χ1n) is 9.61. The number of hydrogen-bond acceptors (Lipinski definition) is 2. The van der Waals surface area contributed by atoms with Crippen molar-refractivity contribution in [1.82, 2.24) is 4.98 Å². The lowest BCUT2D eigenvalue weighted by atomic mass is 9.88. The van der Waals surface area contributed by atoms with Crippen molar-refractivity contribution < 1.29 is 9.13 Å². The monoisotopic (exact) mass is 357 g/mol. The van der Waals surface area contributed by atoms with E-state index >= 15 is 0 Å². The summed E-state index contributed by atoms with van der Waals surface area (Å²) in [7, 11) is 0. The van der Waals surface area contributed by atoms with E-state index in [1.165, 1.54) is 31.4 Å². The minimum Gasteiger partial charge on any atom is -0.490 e. The zero-order chi connectivity index (χ0) is 18.7. The van der Waals surface area contributed by atoms with Crippen LogP contribution in [0.4, 0.5) is 4.39 Å². The highest BCUT2D eigenvalue weighted by Crippen LogP contribution is 2.31. The minimum absolute atomic E-state index is 0.0851. The van der Waals surface area contributed by atoms with E-state index in [1.54, 1.807) is 12.1 Å². The first kappa shape index (κ1) is 18.7. The molecular weight excluding hydrogens is 329 g/mol. The van der Waals surface area contributed by atoms with Crippen molar-refractivity contribution in [3.05, 3.63) is 63.3 Å². The highest BCUT2D eigenvalue weighted by atomic mass is 19.1. The molecule has 1 aromatic carbocycles. The van der Waals surface area contributed by atoms with Gasteiger partial charge in [-0.15, -0.1) is 0 Å². The van der Waals surface area contributed by atoms with E-state index in [9.17, 15) is 9.18 Å². The van der Waals surface area contributed by atoms with Gasteiger partial charge in [0.25, 0.3) is 5.56 Å². The summed E-state index contributed by atoms with van der Waals surface area (Å²) >= 11 is 0. The van der Waals surface area contributed by atoms with E-state index in [0.717, 1.165) is 17.7 Å². The summed E-state index contributed by atoms with van der Waals surface area (Å²) in [6.07, 6.45) is 5.36. The van der Waals surface area contributed by atoms with Crippen LogP contribution >= 0.6 is 0 Å². The number of H-pyrrole nitrogens is 1. The number of ether oxygens (including phenoxy) is 1. The predicted octanol–water partition coefficient (Wildman–Crippen LogP) is 5.19. The van der Waals surface area contributed by atoms with Crippen LogP contribution in [0.25, 0.3) is 0 Å². The molecule has 1 fully saturated rings. The molecule has 1 aliphatic carbocycles. The second-order valence-corrected chi connectivity index (χ2v) is 7.78. The van der Waals surface area contributed by atoms with E-state index in [1.807, 2.05) is 19.9 Å². The van der Waals surface area contributed by atoms with Gasteiger partial charge in [0.15, 0.2) is 0 Å². The molecule has 2 aromatic rings. The van der Waals surface area contributed by atoms with Crippen molar-refractivity contribution in [3.63, 3.8) is 0 Å². The summed E-state index contributed by atoms with van der Waals surface area (Å²) in [5.41, 5.74) is 2.38. The Morgan fingerprint density at radius 3 is 2.54 bits per heavy atom. The first-order chi connectivity index (χ1) is 12.4. The molecule has 3 nitrogen and oxygen atoms in total. The van der Waals surface area contributed by atoms with Crippen LogP contribution in [0, 0.1) is 11.7 Å². The fourth-order valence-electron chi connectivity index (χ4n) is 3.78. The van der Waals surface area contributed by atoms with Gasteiger partial charge in [-0.3, -0.25) is 4.79 Å². The zero-order valence-electron chi connectivity index (χ0n) is 15.8. The lowest BCUT2D eigenvalue weighted by Crippen LogP contribution is -2.30. The molecule has 0 bridgehead atoms. The average molecular weight is 357 g/mol. The van der Waals surface area contributed by atoms with Crippen LogP contribution in [0.15, 0.2) is 35.1 Å². The standard InChI is InChI=1S/C22H28FNO2/c1-14(2)21-20(26-19-7-5-4-6-15(19)3)13-18(24-22(21)25)12-16-8-10-17(23)11-9-16/h8-11,13-15,19H,4-7,12H2,1-3H3,(H,24,25). The van der Waals surface area contributed by atoms with Crippen LogP contribution in [-0.2, 0) is 6.42 Å². The molecular formula is C22H28FNO2. The molecule has 2 atom stereocenters. The molecule has 0 amide bonds. The Labute approximate surface area is 154 Å². The normalized spacial score (nSPS) is 20.3. The summed E-state index contributed by atoms with van der Waals surface area (Å²) < 4.78 is 19.5. The van der Waals surface area contributed by atoms with Gasteiger partial charge in [0.2, 0.25) is 0 Å².